The van der Waals surface area contributed by atoms with Crippen LogP contribution in [-0.2, 0) is 32.7 Å². The van der Waals surface area contributed by atoms with Gasteiger partial charge >= 0.3 is 11.9 Å². The van der Waals surface area contributed by atoms with E-state index in [1.165, 1.54) is 238 Å². The SMILES string of the molecule is CCCCCCC/C=C\C/C=C\CCCCCCCCCCCC(=O)OC(COC(=O)CCCCCCCCCCCCCCCCCCCCC/C=C\CCCCCCCCCC)COP(=O)([O-])OCC[N+](C)(C)C. The van der Waals surface area contributed by atoms with Gasteiger partial charge in [0, 0.05) is 12.8 Å². The summed E-state index contributed by atoms with van der Waals surface area (Å²) in [6.45, 7) is 4.28. The number of carbonyl (C=O) groups excluding carboxylic acids is 2. The van der Waals surface area contributed by atoms with E-state index in [4.69, 9.17) is 18.5 Å². The fraction of sp³-hybridized carbons (Fsp3) is 0.879. The summed E-state index contributed by atoms with van der Waals surface area (Å²) in [7, 11) is 1.18. The van der Waals surface area contributed by atoms with Crippen molar-refractivity contribution >= 4 is 19.8 Å². The number of hydrogen-bond acceptors (Lipinski definition) is 8. The maximum Gasteiger partial charge on any atom is 0.306 e. The summed E-state index contributed by atoms with van der Waals surface area (Å²) in [4.78, 5) is 38.0. The summed E-state index contributed by atoms with van der Waals surface area (Å²) < 4.78 is 34.2. The van der Waals surface area contributed by atoms with Crippen LogP contribution in [0.1, 0.15) is 322 Å². The number of phosphoric ester groups is 1. The molecule has 0 bridgehead atoms. The van der Waals surface area contributed by atoms with E-state index >= 15 is 0 Å². The number of carbonyl (C=O) groups is 2. The van der Waals surface area contributed by atoms with E-state index in [0.29, 0.717) is 17.4 Å². The molecule has 2 unspecified atom stereocenters. The molecule has 448 valence electrons. The van der Waals surface area contributed by atoms with E-state index in [2.05, 4.69) is 50.3 Å². The molecule has 0 amide bonds. The van der Waals surface area contributed by atoms with Crippen LogP contribution in [0.2, 0.25) is 0 Å². The molecule has 0 rings (SSSR count). The average molecular weight is 1090 g/mol. The minimum atomic E-state index is -4.64. The molecule has 0 aliphatic carbocycles. The monoisotopic (exact) mass is 1090 g/mol. The van der Waals surface area contributed by atoms with Gasteiger partial charge in [0.25, 0.3) is 7.82 Å². The Balaban J connectivity index is 4.02. The maximum atomic E-state index is 12.8. The number of phosphoric acid groups is 1. The number of rotatable bonds is 61. The smallest absolute Gasteiger partial charge is 0.306 e. The number of hydrogen-bond donors (Lipinski definition) is 0. The predicted molar refractivity (Wildman–Crippen MR) is 324 cm³/mol. The molecule has 10 heteroatoms. The first-order chi connectivity index (χ1) is 37.0. The van der Waals surface area contributed by atoms with Crippen LogP contribution < -0.4 is 4.89 Å². The van der Waals surface area contributed by atoms with Crippen LogP contribution in [0.5, 0.6) is 0 Å². The molecule has 0 saturated heterocycles. The molecule has 0 aromatic rings. The first-order valence-corrected chi connectivity index (χ1v) is 34.2. The van der Waals surface area contributed by atoms with Gasteiger partial charge in [0.2, 0.25) is 0 Å². The topological polar surface area (TPSA) is 111 Å². The number of ether oxygens (including phenoxy) is 2. The van der Waals surface area contributed by atoms with Crippen molar-refractivity contribution < 1.29 is 42.1 Å². The summed E-state index contributed by atoms with van der Waals surface area (Å²) in [6, 6.07) is 0. The van der Waals surface area contributed by atoms with Crippen molar-refractivity contribution in [2.24, 2.45) is 0 Å². The molecular formula is C66H126NO8P. The van der Waals surface area contributed by atoms with Crippen molar-refractivity contribution in [3.05, 3.63) is 36.5 Å². The Morgan fingerprint density at radius 3 is 1.05 bits per heavy atom. The quantitative estimate of drug-likeness (QED) is 0.0195. The maximum absolute atomic E-state index is 12.8. The summed E-state index contributed by atoms with van der Waals surface area (Å²) in [5, 5.41) is 0. The van der Waals surface area contributed by atoms with Gasteiger partial charge in [-0.3, -0.25) is 14.2 Å². The van der Waals surface area contributed by atoms with E-state index < -0.39 is 26.5 Å². The fourth-order valence-electron chi connectivity index (χ4n) is 9.57. The van der Waals surface area contributed by atoms with Gasteiger partial charge in [0.05, 0.1) is 27.7 Å². The first kappa shape index (κ1) is 74.2. The van der Waals surface area contributed by atoms with Crippen molar-refractivity contribution in [2.75, 3.05) is 47.5 Å². The Morgan fingerprint density at radius 2 is 0.711 bits per heavy atom. The van der Waals surface area contributed by atoms with Gasteiger partial charge in [-0.1, -0.05) is 275 Å². The number of likely N-dealkylation sites (N-methyl/N-ethyl adjacent to an activating group) is 1. The van der Waals surface area contributed by atoms with Gasteiger partial charge in [-0.2, -0.15) is 0 Å². The minimum absolute atomic E-state index is 0.0301. The van der Waals surface area contributed by atoms with E-state index in [0.717, 1.165) is 51.4 Å². The lowest BCUT2D eigenvalue weighted by molar-refractivity contribution is -0.870. The summed E-state index contributed by atoms with van der Waals surface area (Å²) in [6.07, 6.45) is 72.1. The van der Waals surface area contributed by atoms with Gasteiger partial charge < -0.3 is 27.9 Å². The van der Waals surface area contributed by atoms with Crippen LogP contribution in [0.3, 0.4) is 0 Å². The lowest BCUT2D eigenvalue weighted by Crippen LogP contribution is -2.37. The van der Waals surface area contributed by atoms with Gasteiger partial charge in [0.15, 0.2) is 6.10 Å². The standard InChI is InChI=1S/C66H126NO8P/c1-6-8-10-12-14-16-18-20-22-24-26-28-29-30-31-32-33-34-35-36-37-39-40-42-44-46-48-50-52-54-56-58-65(68)72-62-64(63-74-76(70,71)73-61-60-67(3,4)5)75-66(69)59-57-55-53-51-49-47-45-43-41-38-27-25-23-21-19-17-15-13-11-9-7-2/h19,21,24-27,64H,6-18,20,22-23,28-63H2,1-5H3/b21-19-,26-24-,27-25-. The molecular weight excluding hydrogens is 966 g/mol. The second kappa shape index (κ2) is 57.9. The predicted octanol–water partition coefficient (Wildman–Crippen LogP) is 20.1. The van der Waals surface area contributed by atoms with Crippen LogP contribution in [0.25, 0.3) is 0 Å². The highest BCUT2D eigenvalue weighted by Gasteiger charge is 2.22. The van der Waals surface area contributed by atoms with Crippen molar-refractivity contribution in [1.82, 2.24) is 0 Å². The van der Waals surface area contributed by atoms with Gasteiger partial charge in [-0.25, -0.2) is 0 Å². The molecule has 0 aliphatic rings. The molecule has 2 atom stereocenters. The third kappa shape index (κ3) is 61.4. The molecule has 0 radical (unpaired) electrons. The highest BCUT2D eigenvalue weighted by molar-refractivity contribution is 7.45. The van der Waals surface area contributed by atoms with Crippen molar-refractivity contribution in [3.63, 3.8) is 0 Å². The zero-order valence-electron chi connectivity index (χ0n) is 51.0. The van der Waals surface area contributed by atoms with E-state index in [9.17, 15) is 19.0 Å². The summed E-state index contributed by atoms with van der Waals surface area (Å²) >= 11 is 0. The van der Waals surface area contributed by atoms with Crippen LogP contribution in [0.4, 0.5) is 0 Å². The third-order valence-corrected chi connectivity index (χ3v) is 15.6. The highest BCUT2D eigenvalue weighted by atomic mass is 31.2. The van der Waals surface area contributed by atoms with Gasteiger partial charge in [0.1, 0.15) is 19.8 Å². The van der Waals surface area contributed by atoms with Gasteiger partial charge in [-0.15, -0.1) is 0 Å². The second-order valence-electron chi connectivity index (χ2n) is 23.5. The lowest BCUT2D eigenvalue weighted by atomic mass is 10.0. The zero-order valence-corrected chi connectivity index (χ0v) is 51.9. The van der Waals surface area contributed by atoms with Crippen molar-refractivity contribution in [3.8, 4) is 0 Å². The molecule has 0 aromatic carbocycles. The van der Waals surface area contributed by atoms with E-state index in [1.54, 1.807) is 0 Å². The van der Waals surface area contributed by atoms with Crippen LogP contribution in [0.15, 0.2) is 36.5 Å². The summed E-state index contributed by atoms with van der Waals surface area (Å²) in [5.74, 6) is -0.822. The molecule has 0 fully saturated rings. The molecule has 0 saturated carbocycles. The van der Waals surface area contributed by atoms with E-state index in [-0.39, 0.29) is 32.0 Å². The normalized spacial score (nSPS) is 13.4. The number of nitrogens with zero attached hydrogens (tertiary/aromatic N) is 1. The Labute approximate surface area is 471 Å². The largest absolute Gasteiger partial charge is 0.756 e. The Bertz CT molecular complexity index is 1380. The number of unbranched alkanes of at least 4 members (excludes halogenated alkanes) is 41. The number of quaternary nitrogens is 1. The van der Waals surface area contributed by atoms with Crippen molar-refractivity contribution in [2.45, 2.75) is 328 Å². The molecule has 0 spiro atoms. The summed E-state index contributed by atoms with van der Waals surface area (Å²) in [5.41, 5.74) is 0. The Morgan fingerprint density at radius 1 is 0.408 bits per heavy atom. The first-order valence-electron chi connectivity index (χ1n) is 32.7. The zero-order chi connectivity index (χ0) is 55.6. The molecule has 0 aromatic heterocycles. The van der Waals surface area contributed by atoms with Crippen molar-refractivity contribution in [1.29, 1.82) is 0 Å². The molecule has 0 aliphatic heterocycles. The third-order valence-electron chi connectivity index (χ3n) is 14.6. The molecule has 9 nitrogen and oxygen atoms in total. The molecule has 76 heavy (non-hydrogen) atoms. The second-order valence-corrected chi connectivity index (χ2v) is 24.9. The number of esters is 2. The average Bonchev–Trinajstić information content (AvgIpc) is 3.38. The minimum Gasteiger partial charge on any atom is -0.756 e. The Hall–Kier alpha value is -1.77. The molecule has 0 N–H and O–H groups in total. The molecule has 0 heterocycles. The van der Waals surface area contributed by atoms with Crippen LogP contribution in [-0.4, -0.2) is 70.0 Å². The fourth-order valence-corrected chi connectivity index (χ4v) is 10.3. The van der Waals surface area contributed by atoms with Crippen LogP contribution >= 0.6 is 7.82 Å². The Kier molecular flexibility index (Phi) is 56.6. The van der Waals surface area contributed by atoms with Gasteiger partial charge in [-0.05, 0) is 70.6 Å². The number of allylic oxidation sites excluding steroid dienone is 6. The van der Waals surface area contributed by atoms with Crippen LogP contribution in [0, 0.1) is 0 Å². The van der Waals surface area contributed by atoms with E-state index in [1.807, 2.05) is 21.1 Å². The highest BCUT2D eigenvalue weighted by Crippen LogP contribution is 2.38. The lowest BCUT2D eigenvalue weighted by Gasteiger charge is -2.28.